The lowest BCUT2D eigenvalue weighted by atomic mass is 10.2. The molecular formula is C21H18BrN3O2S. The number of aryl methyl sites for hydroxylation is 1. The first-order valence-corrected chi connectivity index (χ1v) is 10.6. The molecule has 7 heteroatoms. The van der Waals surface area contributed by atoms with E-state index in [2.05, 4.69) is 44.3 Å². The lowest BCUT2D eigenvalue weighted by Crippen LogP contribution is -2.03. The van der Waals surface area contributed by atoms with Gasteiger partial charge in [0.25, 0.3) is 0 Å². The molecule has 0 aliphatic heterocycles. The van der Waals surface area contributed by atoms with E-state index in [0.29, 0.717) is 17.9 Å². The Bertz CT molecular complexity index is 1130. The molecule has 0 unspecified atom stereocenters. The van der Waals surface area contributed by atoms with Gasteiger partial charge in [-0.3, -0.25) is 4.79 Å². The molecule has 1 aromatic carbocycles. The number of hydrogen-bond acceptors (Lipinski definition) is 5. The molecule has 3 heterocycles. The SMILES string of the molecule is Cc1c(C)n(Cc2ccco2)c2ncnc(SCC(=O)c3ccc(Br)cc3)c12. The van der Waals surface area contributed by atoms with Gasteiger partial charge in [0.2, 0.25) is 0 Å². The van der Waals surface area contributed by atoms with Gasteiger partial charge in [-0.15, -0.1) is 0 Å². The van der Waals surface area contributed by atoms with Gasteiger partial charge in [0.05, 0.1) is 23.9 Å². The van der Waals surface area contributed by atoms with Crippen LogP contribution in [0.2, 0.25) is 0 Å². The highest BCUT2D eigenvalue weighted by molar-refractivity contribution is 9.10. The Morgan fingerprint density at radius 3 is 2.68 bits per heavy atom. The summed E-state index contributed by atoms with van der Waals surface area (Å²) in [6, 6.07) is 11.3. The molecule has 0 amide bonds. The number of furan rings is 1. The van der Waals surface area contributed by atoms with Crippen molar-refractivity contribution in [3.8, 4) is 0 Å². The summed E-state index contributed by atoms with van der Waals surface area (Å²) in [4.78, 5) is 21.5. The molecule has 0 spiro atoms. The van der Waals surface area contributed by atoms with Gasteiger partial charge in [-0.2, -0.15) is 0 Å². The first-order chi connectivity index (χ1) is 13.5. The monoisotopic (exact) mass is 455 g/mol. The van der Waals surface area contributed by atoms with Gasteiger partial charge >= 0.3 is 0 Å². The summed E-state index contributed by atoms with van der Waals surface area (Å²) < 4.78 is 8.59. The zero-order chi connectivity index (χ0) is 19.7. The van der Waals surface area contributed by atoms with E-state index in [1.54, 1.807) is 12.6 Å². The Balaban J connectivity index is 1.63. The van der Waals surface area contributed by atoms with Gasteiger partial charge < -0.3 is 8.98 Å². The third-order valence-corrected chi connectivity index (χ3v) is 6.29. The number of aromatic nitrogens is 3. The second-order valence-corrected chi connectivity index (χ2v) is 8.35. The minimum atomic E-state index is 0.0775. The Morgan fingerprint density at radius 1 is 1.18 bits per heavy atom. The molecule has 5 nitrogen and oxygen atoms in total. The maximum Gasteiger partial charge on any atom is 0.173 e. The normalized spacial score (nSPS) is 11.2. The van der Waals surface area contributed by atoms with Crippen LogP contribution in [-0.4, -0.2) is 26.1 Å². The fourth-order valence-corrected chi connectivity index (χ4v) is 4.36. The van der Waals surface area contributed by atoms with Crippen molar-refractivity contribution in [2.24, 2.45) is 0 Å². The zero-order valence-electron chi connectivity index (χ0n) is 15.5. The largest absolute Gasteiger partial charge is 0.467 e. The maximum atomic E-state index is 12.5. The number of ketones is 1. The van der Waals surface area contributed by atoms with Crippen LogP contribution in [0.3, 0.4) is 0 Å². The lowest BCUT2D eigenvalue weighted by Gasteiger charge is -2.06. The second-order valence-electron chi connectivity index (χ2n) is 6.47. The minimum Gasteiger partial charge on any atom is -0.467 e. The predicted octanol–water partition coefficient (Wildman–Crippen LogP) is 5.43. The maximum absolute atomic E-state index is 12.5. The number of hydrogen-bond donors (Lipinski definition) is 0. The number of halogens is 1. The molecule has 0 N–H and O–H groups in total. The Hall–Kier alpha value is -2.38. The molecule has 0 aliphatic carbocycles. The van der Waals surface area contributed by atoms with Crippen LogP contribution >= 0.6 is 27.7 Å². The van der Waals surface area contributed by atoms with Crippen LogP contribution in [0.1, 0.15) is 27.4 Å². The summed E-state index contributed by atoms with van der Waals surface area (Å²) in [5, 5.41) is 1.83. The first kappa shape index (κ1) is 19.0. The van der Waals surface area contributed by atoms with E-state index in [-0.39, 0.29) is 5.78 Å². The van der Waals surface area contributed by atoms with Crippen molar-refractivity contribution >= 4 is 44.5 Å². The van der Waals surface area contributed by atoms with Crippen molar-refractivity contribution in [3.05, 3.63) is 76.0 Å². The standard InChI is InChI=1S/C21H18BrN3O2S/c1-13-14(2)25(10-17-4-3-9-27-17)20-19(13)21(24-12-23-20)28-11-18(26)15-5-7-16(22)8-6-15/h3-9,12H,10-11H2,1-2H3. The molecule has 0 saturated heterocycles. The zero-order valence-corrected chi connectivity index (χ0v) is 17.9. The topological polar surface area (TPSA) is 60.9 Å². The van der Waals surface area contributed by atoms with E-state index in [0.717, 1.165) is 37.5 Å². The molecule has 4 rings (SSSR count). The van der Waals surface area contributed by atoms with Crippen molar-refractivity contribution < 1.29 is 9.21 Å². The number of thioether (sulfide) groups is 1. The molecule has 0 aliphatic rings. The molecular weight excluding hydrogens is 438 g/mol. The molecule has 0 bridgehead atoms. The smallest absolute Gasteiger partial charge is 0.173 e. The summed E-state index contributed by atoms with van der Waals surface area (Å²) in [6.45, 7) is 4.75. The molecule has 0 atom stereocenters. The average molecular weight is 456 g/mol. The lowest BCUT2D eigenvalue weighted by molar-refractivity contribution is 0.102. The van der Waals surface area contributed by atoms with Crippen LogP contribution < -0.4 is 0 Å². The Labute approximate surface area is 175 Å². The molecule has 0 saturated carbocycles. The highest BCUT2D eigenvalue weighted by Crippen LogP contribution is 2.32. The van der Waals surface area contributed by atoms with Crippen molar-refractivity contribution in [3.63, 3.8) is 0 Å². The van der Waals surface area contributed by atoms with E-state index in [1.807, 2.05) is 36.4 Å². The molecule has 0 radical (unpaired) electrons. The van der Waals surface area contributed by atoms with Crippen LogP contribution in [0, 0.1) is 13.8 Å². The van der Waals surface area contributed by atoms with E-state index < -0.39 is 0 Å². The van der Waals surface area contributed by atoms with Crippen LogP contribution in [0.15, 0.2) is 62.9 Å². The van der Waals surface area contributed by atoms with Gasteiger partial charge in [-0.25, -0.2) is 9.97 Å². The van der Waals surface area contributed by atoms with Crippen molar-refractivity contribution in [2.45, 2.75) is 25.4 Å². The van der Waals surface area contributed by atoms with Crippen LogP contribution in [0.5, 0.6) is 0 Å². The third-order valence-electron chi connectivity index (χ3n) is 4.77. The third kappa shape index (κ3) is 3.64. The quantitative estimate of drug-likeness (QED) is 0.220. The average Bonchev–Trinajstić information content (AvgIpc) is 3.30. The number of Topliss-reactive ketones (excluding diaryl/α,β-unsaturated/α-hetero) is 1. The predicted molar refractivity (Wildman–Crippen MR) is 114 cm³/mol. The van der Waals surface area contributed by atoms with Gasteiger partial charge in [0.15, 0.2) is 5.78 Å². The fourth-order valence-electron chi connectivity index (χ4n) is 3.15. The summed E-state index contributed by atoms with van der Waals surface area (Å²) in [5.74, 6) is 1.28. The van der Waals surface area contributed by atoms with Crippen molar-refractivity contribution in [1.29, 1.82) is 0 Å². The summed E-state index contributed by atoms with van der Waals surface area (Å²) in [7, 11) is 0. The van der Waals surface area contributed by atoms with Gasteiger partial charge in [0, 0.05) is 15.7 Å². The first-order valence-electron chi connectivity index (χ1n) is 8.79. The number of carbonyl (C=O) groups is 1. The molecule has 142 valence electrons. The summed E-state index contributed by atoms with van der Waals surface area (Å²) >= 11 is 4.85. The van der Waals surface area contributed by atoms with Crippen LogP contribution in [0.25, 0.3) is 11.0 Å². The van der Waals surface area contributed by atoms with Gasteiger partial charge in [-0.1, -0.05) is 39.8 Å². The number of benzene rings is 1. The number of carbonyl (C=O) groups excluding carboxylic acids is 1. The van der Waals surface area contributed by atoms with Crippen LogP contribution in [-0.2, 0) is 6.54 Å². The number of rotatable bonds is 6. The van der Waals surface area contributed by atoms with E-state index in [4.69, 9.17) is 4.42 Å². The molecule has 0 fully saturated rings. The van der Waals surface area contributed by atoms with E-state index >= 15 is 0 Å². The van der Waals surface area contributed by atoms with Crippen molar-refractivity contribution in [1.82, 2.24) is 14.5 Å². The van der Waals surface area contributed by atoms with Gasteiger partial charge in [0.1, 0.15) is 22.8 Å². The minimum absolute atomic E-state index is 0.0775. The van der Waals surface area contributed by atoms with Gasteiger partial charge in [-0.05, 0) is 43.7 Å². The highest BCUT2D eigenvalue weighted by Gasteiger charge is 2.18. The molecule has 4 aromatic rings. The Morgan fingerprint density at radius 2 is 1.96 bits per heavy atom. The molecule has 28 heavy (non-hydrogen) atoms. The molecule has 3 aromatic heterocycles. The number of fused-ring (bicyclic) bond motifs is 1. The van der Waals surface area contributed by atoms with E-state index in [9.17, 15) is 4.79 Å². The summed E-state index contributed by atoms with van der Waals surface area (Å²) in [6.07, 6.45) is 3.24. The van der Waals surface area contributed by atoms with E-state index in [1.165, 1.54) is 11.8 Å². The van der Waals surface area contributed by atoms with Crippen LogP contribution in [0.4, 0.5) is 0 Å². The second kappa shape index (κ2) is 7.93. The summed E-state index contributed by atoms with van der Waals surface area (Å²) in [5.41, 5.74) is 3.80. The van der Waals surface area contributed by atoms with Crippen molar-refractivity contribution in [2.75, 3.05) is 5.75 Å². The number of nitrogens with zero attached hydrogens (tertiary/aromatic N) is 3. The highest BCUT2D eigenvalue weighted by atomic mass is 79.9. The Kier molecular flexibility index (Phi) is 5.37. The fraction of sp³-hybridized carbons (Fsp3) is 0.190.